The minimum absolute atomic E-state index is 0.00872. The number of nitrogens with zero attached hydrogens (tertiary/aromatic N) is 1. The number of carboxylic acid groups (broad SMARTS) is 2. The average Bonchev–Trinajstić information content (AvgIpc) is 4.18. The Morgan fingerprint density at radius 1 is 0.622 bits per heavy atom. The minimum atomic E-state index is -1.11. The number of aliphatic carboxylic acids is 2. The number of unbranched alkanes of at least 4 members (excludes halogenated alkanes) is 2. The number of imide groups is 1. The third kappa shape index (κ3) is 20.0. The Bertz CT molecular complexity index is 2770. The summed E-state index contributed by atoms with van der Waals surface area (Å²) in [6.07, 6.45) is 3.63. The van der Waals surface area contributed by atoms with Crippen molar-refractivity contribution in [2.45, 2.75) is 139 Å². The van der Waals surface area contributed by atoms with Gasteiger partial charge < -0.3 is 45.8 Å². The molecule has 2 fully saturated rings. The van der Waals surface area contributed by atoms with Gasteiger partial charge in [-0.25, -0.2) is 14.4 Å². The van der Waals surface area contributed by atoms with Crippen LogP contribution in [0.1, 0.15) is 133 Å². The molecule has 4 aliphatic rings. The number of amides is 5. The van der Waals surface area contributed by atoms with Gasteiger partial charge in [-0.05, 0) is 76.7 Å². The van der Waals surface area contributed by atoms with Gasteiger partial charge >= 0.3 is 30.1 Å². The first-order valence-electron chi connectivity index (χ1n) is 27.5. The number of hydrogen-bond donors (Lipinski definition) is 6. The molecule has 0 bridgehead atoms. The number of hydrogen-bond acceptors (Lipinski definition) is 16. The van der Waals surface area contributed by atoms with E-state index in [9.17, 15) is 38.4 Å². The first kappa shape index (κ1) is 65.0. The maximum absolute atomic E-state index is 12.9. The zero-order valence-electron chi connectivity index (χ0n) is 47.2. The fourth-order valence-corrected chi connectivity index (χ4v) is 14.2. The summed E-state index contributed by atoms with van der Waals surface area (Å²) in [5, 5.41) is 28.8. The normalized spacial score (nSPS) is 16.1. The Kier molecular flexibility index (Phi) is 24.9. The second kappa shape index (κ2) is 31.5. The highest BCUT2D eigenvalue weighted by molar-refractivity contribution is 8.77. The van der Waals surface area contributed by atoms with Crippen LogP contribution in [-0.2, 0) is 43.1 Å². The number of alkyl carbamates (subject to hydrolysis) is 2. The molecule has 3 unspecified atom stereocenters. The molecule has 2 heterocycles. The highest BCUT2D eigenvalue weighted by atomic mass is 33.1. The van der Waals surface area contributed by atoms with E-state index < -0.39 is 54.0 Å². The standard InChI is InChI=1S/C28H36N2O5S2.C26H28N2O6S2.C6H11NO2/c1-28(2,3)37-36-18-24(26(33)29-16-10-4-5-15-25(31)32)30-27(34)35-17-23-21-13-8-6-11-19(21)20-12-7-9-14-22(20)23;1-26(2,3)36-35-15-21(24(31)34-28-22(29)12-13-23(28)30)27-25(32)33-14-20-18-10-6-4-8-16(18)17-9-5-7-11-19(17)20;8-6(9)5-3-1-2-4-7-5/h6-9,11-14,23-24H,4-5,10,15-18H2,1-3H3,(H,29,33)(H,30,34)(H,31,32);4-11,20-21H,12-15H2,1-3H3,(H,27,32);5,7H,1-4H2,(H,8,9). The Hall–Kier alpha value is -6.20. The van der Waals surface area contributed by atoms with E-state index in [0.29, 0.717) is 36.6 Å². The van der Waals surface area contributed by atoms with Crippen LogP contribution in [0.4, 0.5) is 9.59 Å². The van der Waals surface area contributed by atoms with Gasteiger partial charge in [0.2, 0.25) is 5.91 Å². The Labute approximate surface area is 495 Å². The van der Waals surface area contributed by atoms with Gasteiger partial charge in [-0.2, -0.15) is 0 Å². The van der Waals surface area contributed by atoms with E-state index in [1.54, 1.807) is 10.8 Å². The van der Waals surface area contributed by atoms with E-state index in [1.165, 1.54) is 32.4 Å². The molecule has 442 valence electrons. The number of hydroxylamine groups is 2. The minimum Gasteiger partial charge on any atom is -0.481 e. The van der Waals surface area contributed by atoms with Crippen molar-refractivity contribution in [3.05, 3.63) is 119 Å². The number of carboxylic acids is 2. The number of rotatable bonds is 22. The van der Waals surface area contributed by atoms with Crippen molar-refractivity contribution in [1.29, 1.82) is 0 Å². The lowest BCUT2D eigenvalue weighted by Crippen LogP contribution is -2.48. The molecule has 0 aromatic heterocycles. The quantitative estimate of drug-likeness (QED) is 0.0243. The summed E-state index contributed by atoms with van der Waals surface area (Å²) in [7, 11) is 6.10. The van der Waals surface area contributed by atoms with Gasteiger partial charge in [-0.3, -0.25) is 24.0 Å². The van der Waals surface area contributed by atoms with Gasteiger partial charge in [0.05, 0.1) is 0 Å². The molecule has 0 saturated carbocycles. The highest BCUT2D eigenvalue weighted by Gasteiger charge is 2.37. The fourth-order valence-electron chi connectivity index (χ4n) is 9.26. The molecule has 2 saturated heterocycles. The van der Waals surface area contributed by atoms with Crippen LogP contribution in [0.25, 0.3) is 22.3 Å². The molecule has 22 heteroatoms. The molecule has 0 spiro atoms. The molecule has 18 nitrogen and oxygen atoms in total. The molecule has 5 amide bonds. The summed E-state index contributed by atoms with van der Waals surface area (Å²) in [6.45, 7) is 13.9. The topological polar surface area (TPSA) is 256 Å². The third-order valence-corrected chi connectivity index (χ3v) is 19.8. The predicted molar refractivity (Wildman–Crippen MR) is 323 cm³/mol. The third-order valence-electron chi connectivity index (χ3n) is 13.1. The van der Waals surface area contributed by atoms with E-state index in [4.69, 9.17) is 24.5 Å². The summed E-state index contributed by atoms with van der Waals surface area (Å²) in [5.74, 6) is -3.46. The van der Waals surface area contributed by atoms with E-state index in [-0.39, 0.29) is 71.5 Å². The zero-order chi connectivity index (χ0) is 59.4. The van der Waals surface area contributed by atoms with Gasteiger partial charge in [0.15, 0.2) is 0 Å². The summed E-state index contributed by atoms with van der Waals surface area (Å²) in [5.41, 5.74) is 8.94. The van der Waals surface area contributed by atoms with Crippen LogP contribution < -0.4 is 21.3 Å². The summed E-state index contributed by atoms with van der Waals surface area (Å²) in [6, 6.07) is 30.2. The molecule has 0 radical (unpaired) electrons. The molecule has 8 rings (SSSR count). The van der Waals surface area contributed by atoms with Gasteiger partial charge in [0, 0.05) is 58.6 Å². The monoisotopic (exact) mass is 1200 g/mol. The van der Waals surface area contributed by atoms with E-state index in [0.717, 1.165) is 70.3 Å². The van der Waals surface area contributed by atoms with Crippen LogP contribution in [-0.4, -0.2) is 129 Å². The second-order valence-corrected chi connectivity index (χ2v) is 28.2. The second-order valence-electron chi connectivity index (χ2n) is 21.8. The van der Waals surface area contributed by atoms with Crippen LogP contribution >= 0.6 is 43.2 Å². The number of carbonyl (C=O) groups is 8. The van der Waals surface area contributed by atoms with Crippen molar-refractivity contribution in [3.63, 3.8) is 0 Å². The number of fused-ring (bicyclic) bond motifs is 6. The first-order chi connectivity index (χ1) is 39.1. The van der Waals surface area contributed by atoms with Crippen molar-refractivity contribution in [1.82, 2.24) is 26.3 Å². The highest BCUT2D eigenvalue weighted by Crippen LogP contribution is 2.46. The van der Waals surface area contributed by atoms with E-state index >= 15 is 0 Å². The molecule has 82 heavy (non-hydrogen) atoms. The summed E-state index contributed by atoms with van der Waals surface area (Å²) in [4.78, 5) is 101. The maximum Gasteiger partial charge on any atom is 0.407 e. The average molecular weight is 1200 g/mol. The van der Waals surface area contributed by atoms with Crippen molar-refractivity contribution in [2.75, 3.05) is 37.8 Å². The van der Waals surface area contributed by atoms with Crippen molar-refractivity contribution in [2.24, 2.45) is 0 Å². The van der Waals surface area contributed by atoms with Gasteiger partial charge in [0.25, 0.3) is 11.8 Å². The predicted octanol–water partition coefficient (Wildman–Crippen LogP) is 10.7. The van der Waals surface area contributed by atoms with Gasteiger partial charge in [-0.1, -0.05) is 195 Å². The first-order valence-corrected chi connectivity index (χ1v) is 32.1. The fraction of sp³-hybridized carbons (Fsp3) is 0.467. The Morgan fingerprint density at radius 3 is 1.46 bits per heavy atom. The number of piperidine rings is 1. The summed E-state index contributed by atoms with van der Waals surface area (Å²) < 4.78 is 11.1. The Morgan fingerprint density at radius 2 is 1.06 bits per heavy atom. The lowest BCUT2D eigenvalue weighted by atomic mass is 9.98. The van der Waals surface area contributed by atoms with Crippen LogP contribution in [0.5, 0.6) is 0 Å². The molecule has 3 atom stereocenters. The van der Waals surface area contributed by atoms with Gasteiger partial charge in [-0.15, -0.1) is 5.06 Å². The molecule has 2 aliphatic heterocycles. The SMILES string of the molecule is CC(C)(C)SSCC(NC(=O)OCC1c2ccccc2-c2ccccc21)C(=O)NCCCCCC(=O)O.CC(C)(C)SSCC(NC(=O)OCC1c2ccccc2-c2ccccc21)C(=O)ON1C(=O)CCC1=O.O=C(O)C1CCCCN1. The number of carbonyl (C=O) groups excluding carboxylic acids is 6. The van der Waals surface area contributed by atoms with Gasteiger partial charge in [0.1, 0.15) is 31.3 Å². The van der Waals surface area contributed by atoms with Crippen LogP contribution in [0.2, 0.25) is 0 Å². The zero-order valence-corrected chi connectivity index (χ0v) is 50.5. The number of benzene rings is 4. The molecular weight excluding hydrogens is 1130 g/mol. The van der Waals surface area contributed by atoms with Crippen molar-refractivity contribution in [3.8, 4) is 22.3 Å². The van der Waals surface area contributed by atoms with Crippen LogP contribution in [0.15, 0.2) is 97.1 Å². The molecular formula is C60H75N5O13S4. The number of ether oxygens (including phenoxy) is 2. The smallest absolute Gasteiger partial charge is 0.407 e. The van der Waals surface area contributed by atoms with Crippen molar-refractivity contribution < 1.29 is 62.9 Å². The maximum atomic E-state index is 12.9. The van der Waals surface area contributed by atoms with Crippen molar-refractivity contribution >= 4 is 91.0 Å². The lowest BCUT2D eigenvalue weighted by Gasteiger charge is -2.22. The Balaban J connectivity index is 0.000000228. The van der Waals surface area contributed by atoms with Crippen LogP contribution in [0, 0.1) is 0 Å². The lowest BCUT2D eigenvalue weighted by molar-refractivity contribution is -0.198. The van der Waals surface area contributed by atoms with Crippen LogP contribution in [0.3, 0.4) is 0 Å². The number of nitrogens with one attached hydrogen (secondary N) is 4. The molecule has 4 aromatic rings. The van der Waals surface area contributed by atoms with E-state index in [2.05, 4.69) is 66.3 Å². The largest absolute Gasteiger partial charge is 0.481 e. The molecule has 4 aromatic carbocycles. The molecule has 6 N–H and O–H groups in total. The summed E-state index contributed by atoms with van der Waals surface area (Å²) >= 11 is 0. The molecule has 2 aliphatic carbocycles. The van der Waals surface area contributed by atoms with E-state index in [1.807, 2.05) is 93.6 Å².